The Labute approximate surface area is 189 Å². The van der Waals surface area contributed by atoms with Crippen LogP contribution in [-0.4, -0.2) is 45.7 Å². The molecular formula is C26H18N2O5. The molecule has 2 atom stereocenters. The number of fused-ring (bicyclic) bond motifs is 1. The second kappa shape index (κ2) is 8.20. The number of amides is 4. The highest BCUT2D eigenvalue weighted by Crippen LogP contribution is 2.34. The summed E-state index contributed by atoms with van der Waals surface area (Å²) in [5, 5.41) is 0. The van der Waals surface area contributed by atoms with Gasteiger partial charge in [-0.3, -0.25) is 19.3 Å². The zero-order valence-corrected chi connectivity index (χ0v) is 17.3. The molecule has 0 saturated carbocycles. The predicted molar refractivity (Wildman–Crippen MR) is 119 cm³/mol. The van der Waals surface area contributed by atoms with E-state index in [1.54, 1.807) is 66.7 Å². The monoisotopic (exact) mass is 438 g/mol. The Morgan fingerprint density at radius 3 is 1.91 bits per heavy atom. The van der Waals surface area contributed by atoms with Crippen LogP contribution in [-0.2, 0) is 4.79 Å². The van der Waals surface area contributed by atoms with E-state index in [-0.39, 0.29) is 16.9 Å². The standard InChI is InChI=1S/C26H18N2O5/c29-23-19-13-7-8-14-20(19)24(30)28(23)22-21(16-15-17-9-3-1-4-10-17)27(25(22)31)26(32)33-18-11-5-2-6-12-18/h1-16,21-22H/b16-15+/t21-,22+/m1/s1. The van der Waals surface area contributed by atoms with Crippen LogP contribution in [0, 0.1) is 0 Å². The van der Waals surface area contributed by atoms with Crippen LogP contribution in [0.1, 0.15) is 26.3 Å². The highest BCUT2D eigenvalue weighted by Gasteiger charge is 2.58. The molecule has 2 aliphatic heterocycles. The Kier molecular flexibility index (Phi) is 5.06. The van der Waals surface area contributed by atoms with Crippen molar-refractivity contribution < 1.29 is 23.9 Å². The van der Waals surface area contributed by atoms with E-state index in [0.717, 1.165) is 15.4 Å². The fraction of sp³-hybridized carbons (Fsp3) is 0.0769. The molecule has 33 heavy (non-hydrogen) atoms. The van der Waals surface area contributed by atoms with Crippen LogP contribution in [0.2, 0.25) is 0 Å². The molecule has 162 valence electrons. The van der Waals surface area contributed by atoms with E-state index >= 15 is 0 Å². The van der Waals surface area contributed by atoms with Crippen molar-refractivity contribution >= 4 is 29.9 Å². The number of benzene rings is 3. The maximum atomic E-state index is 13.1. The minimum Gasteiger partial charge on any atom is -0.410 e. The normalized spacial score (nSPS) is 19.6. The van der Waals surface area contributed by atoms with Crippen molar-refractivity contribution in [3.8, 4) is 5.75 Å². The summed E-state index contributed by atoms with van der Waals surface area (Å²) in [6, 6.07) is 22.1. The third-order valence-corrected chi connectivity index (χ3v) is 5.65. The molecule has 1 saturated heterocycles. The van der Waals surface area contributed by atoms with Gasteiger partial charge in [-0.05, 0) is 29.8 Å². The maximum absolute atomic E-state index is 13.1. The first kappa shape index (κ1) is 20.4. The van der Waals surface area contributed by atoms with Crippen LogP contribution in [0.3, 0.4) is 0 Å². The van der Waals surface area contributed by atoms with E-state index in [4.69, 9.17) is 4.74 Å². The molecule has 2 heterocycles. The molecule has 0 unspecified atom stereocenters. The number of para-hydroxylation sites is 1. The molecule has 2 aliphatic rings. The summed E-state index contributed by atoms with van der Waals surface area (Å²) < 4.78 is 5.34. The van der Waals surface area contributed by atoms with E-state index in [0.29, 0.717) is 0 Å². The maximum Gasteiger partial charge on any atom is 0.422 e. The summed E-state index contributed by atoms with van der Waals surface area (Å²) in [6.07, 6.45) is 2.50. The molecule has 3 aromatic carbocycles. The first-order valence-corrected chi connectivity index (χ1v) is 10.4. The second-order valence-corrected chi connectivity index (χ2v) is 7.62. The summed E-state index contributed by atoms with van der Waals surface area (Å²) in [7, 11) is 0. The molecule has 0 aromatic heterocycles. The van der Waals surface area contributed by atoms with Crippen LogP contribution < -0.4 is 4.74 Å². The van der Waals surface area contributed by atoms with Gasteiger partial charge < -0.3 is 4.74 Å². The number of β-lactam (4-membered cyclic amide) rings is 1. The van der Waals surface area contributed by atoms with Crippen molar-refractivity contribution in [3.05, 3.63) is 108 Å². The fourth-order valence-electron chi connectivity index (χ4n) is 4.03. The minimum absolute atomic E-state index is 0.242. The largest absolute Gasteiger partial charge is 0.422 e. The van der Waals surface area contributed by atoms with Crippen LogP contribution in [0.4, 0.5) is 4.79 Å². The Bertz CT molecular complexity index is 1250. The van der Waals surface area contributed by atoms with Crippen molar-refractivity contribution in [2.75, 3.05) is 0 Å². The van der Waals surface area contributed by atoms with Gasteiger partial charge in [0.2, 0.25) is 0 Å². The summed E-state index contributed by atoms with van der Waals surface area (Å²) >= 11 is 0. The number of carbonyl (C=O) groups is 4. The molecular weight excluding hydrogens is 420 g/mol. The van der Waals surface area contributed by atoms with Gasteiger partial charge in [-0.1, -0.05) is 72.8 Å². The van der Waals surface area contributed by atoms with Gasteiger partial charge in [0.25, 0.3) is 17.7 Å². The lowest BCUT2D eigenvalue weighted by Gasteiger charge is -2.46. The van der Waals surface area contributed by atoms with Gasteiger partial charge in [0, 0.05) is 0 Å². The molecule has 7 nitrogen and oxygen atoms in total. The highest BCUT2D eigenvalue weighted by atomic mass is 16.6. The van der Waals surface area contributed by atoms with Gasteiger partial charge in [0.1, 0.15) is 11.8 Å². The lowest BCUT2D eigenvalue weighted by atomic mass is 9.92. The molecule has 7 heteroatoms. The Morgan fingerprint density at radius 1 is 0.758 bits per heavy atom. The van der Waals surface area contributed by atoms with Crippen molar-refractivity contribution in [3.63, 3.8) is 0 Å². The molecule has 0 spiro atoms. The van der Waals surface area contributed by atoms with Gasteiger partial charge in [0.05, 0.1) is 17.2 Å². The van der Waals surface area contributed by atoms with E-state index in [2.05, 4.69) is 0 Å². The highest BCUT2D eigenvalue weighted by molar-refractivity contribution is 6.24. The SMILES string of the molecule is O=C(Oc1ccccc1)N1C(=O)[C@@H](N2C(=O)c3ccccc3C2=O)[C@H]1/C=C/c1ccccc1. The Hall–Kier alpha value is -4.52. The molecule has 3 aromatic rings. The van der Waals surface area contributed by atoms with Crippen molar-refractivity contribution in [1.29, 1.82) is 0 Å². The number of carbonyl (C=O) groups excluding carboxylic acids is 4. The third kappa shape index (κ3) is 3.49. The van der Waals surface area contributed by atoms with Crippen LogP contribution in [0.25, 0.3) is 6.08 Å². The Balaban J connectivity index is 1.46. The Morgan fingerprint density at radius 2 is 1.30 bits per heavy atom. The van der Waals surface area contributed by atoms with E-state index in [9.17, 15) is 19.2 Å². The number of ether oxygens (including phenoxy) is 1. The molecule has 0 radical (unpaired) electrons. The lowest BCUT2D eigenvalue weighted by Crippen LogP contribution is -2.72. The topological polar surface area (TPSA) is 84.0 Å². The molecule has 4 amide bonds. The number of rotatable bonds is 4. The lowest BCUT2D eigenvalue weighted by molar-refractivity contribution is -0.147. The molecule has 0 bridgehead atoms. The quantitative estimate of drug-likeness (QED) is 0.457. The smallest absolute Gasteiger partial charge is 0.410 e. The number of hydrogen-bond donors (Lipinski definition) is 0. The van der Waals surface area contributed by atoms with Crippen molar-refractivity contribution in [1.82, 2.24) is 9.80 Å². The van der Waals surface area contributed by atoms with E-state index in [1.165, 1.54) is 0 Å². The van der Waals surface area contributed by atoms with Gasteiger partial charge >= 0.3 is 6.09 Å². The fourth-order valence-corrected chi connectivity index (χ4v) is 4.03. The van der Waals surface area contributed by atoms with Crippen LogP contribution >= 0.6 is 0 Å². The first-order valence-electron chi connectivity index (χ1n) is 10.4. The number of imide groups is 2. The minimum atomic E-state index is -1.14. The van der Waals surface area contributed by atoms with E-state index < -0.39 is 35.9 Å². The average Bonchev–Trinajstić information content (AvgIpc) is 3.08. The second-order valence-electron chi connectivity index (χ2n) is 7.62. The zero-order valence-electron chi connectivity index (χ0n) is 17.3. The number of likely N-dealkylation sites (tertiary alicyclic amines) is 1. The zero-order chi connectivity index (χ0) is 22.9. The van der Waals surface area contributed by atoms with Crippen LogP contribution in [0.15, 0.2) is 91.0 Å². The van der Waals surface area contributed by atoms with Gasteiger partial charge in [-0.15, -0.1) is 0 Å². The van der Waals surface area contributed by atoms with Crippen LogP contribution in [0.5, 0.6) is 5.75 Å². The van der Waals surface area contributed by atoms with Gasteiger partial charge in [-0.25, -0.2) is 9.69 Å². The number of hydrogen-bond acceptors (Lipinski definition) is 5. The van der Waals surface area contributed by atoms with E-state index in [1.807, 2.05) is 30.3 Å². The van der Waals surface area contributed by atoms with Gasteiger partial charge in [-0.2, -0.15) is 0 Å². The molecule has 1 fully saturated rings. The summed E-state index contributed by atoms with van der Waals surface area (Å²) in [4.78, 5) is 53.7. The third-order valence-electron chi connectivity index (χ3n) is 5.65. The average molecular weight is 438 g/mol. The molecule has 5 rings (SSSR count). The number of nitrogens with zero attached hydrogens (tertiary/aromatic N) is 2. The van der Waals surface area contributed by atoms with Crippen molar-refractivity contribution in [2.45, 2.75) is 12.1 Å². The van der Waals surface area contributed by atoms with Gasteiger partial charge in [0.15, 0.2) is 0 Å². The first-order chi connectivity index (χ1) is 16.1. The molecule has 0 N–H and O–H groups in total. The van der Waals surface area contributed by atoms with Crippen molar-refractivity contribution in [2.24, 2.45) is 0 Å². The summed E-state index contributed by atoms with van der Waals surface area (Å²) in [5.41, 5.74) is 1.33. The molecule has 0 aliphatic carbocycles. The summed E-state index contributed by atoms with van der Waals surface area (Å²) in [5.74, 6) is -1.50. The predicted octanol–water partition coefficient (Wildman–Crippen LogP) is 3.77. The summed E-state index contributed by atoms with van der Waals surface area (Å²) in [6.45, 7) is 0.